The topological polar surface area (TPSA) is 6.48 Å². The van der Waals surface area contributed by atoms with Crippen LogP contribution in [0.4, 0.5) is 0 Å². The summed E-state index contributed by atoms with van der Waals surface area (Å²) in [4.78, 5) is 4.21. The lowest BCUT2D eigenvalue weighted by Crippen LogP contribution is -2.14. The third-order valence-electron chi connectivity index (χ3n) is 2.55. The Hall–Kier alpha value is -1.22. The second-order valence-electron chi connectivity index (χ2n) is 3.77. The predicted octanol–water partition coefficient (Wildman–Crippen LogP) is 2.99. The van der Waals surface area contributed by atoms with Gasteiger partial charge in [0.05, 0.1) is 0 Å². The Morgan fingerprint density at radius 3 is 1.94 bits per heavy atom. The van der Waals surface area contributed by atoms with E-state index in [1.807, 2.05) is 11.9 Å². The fraction of sp³-hybridized carbons (Fsp3) is 0.231. The molecule has 0 fully saturated rings. The van der Waals surface area contributed by atoms with Crippen LogP contribution < -0.4 is 0 Å². The lowest BCUT2D eigenvalue weighted by Gasteiger charge is -2.19. The van der Waals surface area contributed by atoms with Crippen LogP contribution in [0.15, 0.2) is 60.3 Å². The monoisotopic (exact) mass is 278 g/mol. The molecule has 0 aromatic rings. The molecule has 2 nitrogen and oxygen atoms in total. The number of halogens is 1. The molecule has 0 radical (unpaired) electrons. The van der Waals surface area contributed by atoms with Crippen molar-refractivity contribution in [3.63, 3.8) is 0 Å². The molecule has 16 heavy (non-hydrogen) atoms. The minimum Gasteiger partial charge on any atom is -0.357 e. The van der Waals surface area contributed by atoms with E-state index in [0.717, 1.165) is 11.9 Å². The summed E-state index contributed by atoms with van der Waals surface area (Å²) in [5, 5.41) is 0.984. The Labute approximate surface area is 105 Å². The lowest BCUT2D eigenvalue weighted by molar-refractivity contribution is 0.538. The van der Waals surface area contributed by atoms with Gasteiger partial charge in [0.2, 0.25) is 0 Å². The first-order chi connectivity index (χ1) is 7.79. The minimum absolute atomic E-state index is 0.984. The number of rotatable bonds is 2. The summed E-state index contributed by atoms with van der Waals surface area (Å²) in [6.07, 6.45) is 16.9. The maximum absolute atomic E-state index is 3.43. The Kier molecular flexibility index (Phi) is 3.67. The summed E-state index contributed by atoms with van der Waals surface area (Å²) in [6.45, 7) is 1.00. The zero-order chi connectivity index (χ0) is 11.4. The Balaban J connectivity index is 2.11. The normalized spacial score (nSPS) is 18.9. The highest BCUT2D eigenvalue weighted by molar-refractivity contribution is 9.09. The van der Waals surface area contributed by atoms with Gasteiger partial charge in [-0.1, -0.05) is 15.9 Å². The van der Waals surface area contributed by atoms with Crippen LogP contribution in [0.1, 0.15) is 0 Å². The number of hydrogen-bond donors (Lipinski definition) is 0. The van der Waals surface area contributed by atoms with E-state index in [0.29, 0.717) is 0 Å². The van der Waals surface area contributed by atoms with Crippen molar-refractivity contribution in [2.24, 2.45) is 0 Å². The first kappa shape index (κ1) is 11.3. The number of allylic oxidation sites excluding steroid dienone is 6. The van der Waals surface area contributed by atoms with Gasteiger partial charge in [0.1, 0.15) is 0 Å². The highest BCUT2D eigenvalue weighted by atomic mass is 79.9. The van der Waals surface area contributed by atoms with Gasteiger partial charge in [-0.05, 0) is 35.5 Å². The predicted molar refractivity (Wildman–Crippen MR) is 71.8 cm³/mol. The molecule has 2 aliphatic heterocycles. The largest absolute Gasteiger partial charge is 0.357 e. The first-order valence-corrected chi connectivity index (χ1v) is 6.42. The molecule has 2 rings (SSSR count). The molecule has 0 saturated heterocycles. The second kappa shape index (κ2) is 5.21. The highest BCUT2D eigenvalue weighted by Gasteiger charge is 2.04. The Morgan fingerprint density at radius 1 is 0.938 bits per heavy atom. The van der Waals surface area contributed by atoms with Crippen LogP contribution in [0.25, 0.3) is 0 Å². The van der Waals surface area contributed by atoms with Gasteiger partial charge < -0.3 is 9.80 Å². The molecule has 0 bridgehead atoms. The van der Waals surface area contributed by atoms with E-state index >= 15 is 0 Å². The molecule has 0 N–H and O–H groups in total. The Bertz CT molecular complexity index is 370. The van der Waals surface area contributed by atoms with Crippen LogP contribution >= 0.6 is 15.9 Å². The fourth-order valence-corrected chi connectivity index (χ4v) is 2.00. The van der Waals surface area contributed by atoms with E-state index in [2.05, 4.69) is 69.9 Å². The molecule has 0 spiro atoms. The van der Waals surface area contributed by atoms with Crippen LogP contribution in [0.5, 0.6) is 0 Å². The van der Waals surface area contributed by atoms with E-state index in [-0.39, 0.29) is 0 Å². The minimum atomic E-state index is 0.984. The number of alkyl halides is 1. The van der Waals surface area contributed by atoms with Gasteiger partial charge in [-0.2, -0.15) is 0 Å². The van der Waals surface area contributed by atoms with E-state index < -0.39 is 0 Å². The van der Waals surface area contributed by atoms with E-state index in [4.69, 9.17) is 0 Å². The van der Waals surface area contributed by atoms with Crippen LogP contribution in [-0.2, 0) is 0 Å². The molecule has 0 saturated carbocycles. The summed E-state index contributed by atoms with van der Waals surface area (Å²) < 4.78 is 0. The van der Waals surface area contributed by atoms with Gasteiger partial charge in [-0.25, -0.2) is 0 Å². The molecule has 2 heterocycles. The highest BCUT2D eigenvalue weighted by Crippen LogP contribution is 2.18. The van der Waals surface area contributed by atoms with Crippen molar-refractivity contribution in [2.75, 3.05) is 18.9 Å². The molecule has 0 unspecified atom stereocenters. The zero-order valence-corrected chi connectivity index (χ0v) is 10.9. The van der Waals surface area contributed by atoms with Gasteiger partial charge in [0.25, 0.3) is 0 Å². The number of nitrogens with zero attached hydrogens (tertiary/aromatic N) is 2. The molecule has 0 aliphatic carbocycles. The van der Waals surface area contributed by atoms with Crippen molar-refractivity contribution in [1.82, 2.24) is 9.80 Å². The number of hydrogen-bond acceptors (Lipinski definition) is 2. The van der Waals surface area contributed by atoms with E-state index in [1.165, 1.54) is 11.1 Å². The van der Waals surface area contributed by atoms with Crippen LogP contribution in [0.2, 0.25) is 0 Å². The summed E-state index contributed by atoms with van der Waals surface area (Å²) in [7, 11) is 2.03. The molecular weight excluding hydrogens is 264 g/mol. The summed E-state index contributed by atoms with van der Waals surface area (Å²) in [5.74, 6) is 0. The van der Waals surface area contributed by atoms with Crippen molar-refractivity contribution in [2.45, 2.75) is 0 Å². The smallest absolute Gasteiger partial charge is 0.0316 e. The summed E-state index contributed by atoms with van der Waals surface area (Å²) in [6, 6.07) is 0. The SMILES string of the molecule is CN1C=CC(=C2C=CN(CCBr)C=C2)C=C1. The molecular formula is C13H15BrN2. The van der Waals surface area contributed by atoms with Gasteiger partial charge >= 0.3 is 0 Å². The van der Waals surface area contributed by atoms with Crippen LogP contribution in [0, 0.1) is 0 Å². The van der Waals surface area contributed by atoms with Crippen molar-refractivity contribution >= 4 is 15.9 Å². The molecule has 0 amide bonds. The molecule has 3 heteroatoms. The fourth-order valence-electron chi connectivity index (χ4n) is 1.59. The van der Waals surface area contributed by atoms with Gasteiger partial charge in [-0.3, -0.25) is 0 Å². The Morgan fingerprint density at radius 2 is 1.44 bits per heavy atom. The molecule has 2 aliphatic rings. The van der Waals surface area contributed by atoms with Gasteiger partial charge in [0.15, 0.2) is 0 Å². The first-order valence-electron chi connectivity index (χ1n) is 5.30. The lowest BCUT2D eigenvalue weighted by atomic mass is 10.1. The maximum Gasteiger partial charge on any atom is 0.0316 e. The molecule has 0 atom stereocenters. The zero-order valence-electron chi connectivity index (χ0n) is 9.31. The van der Waals surface area contributed by atoms with Gasteiger partial charge in [-0.15, -0.1) is 0 Å². The molecule has 84 valence electrons. The van der Waals surface area contributed by atoms with E-state index in [9.17, 15) is 0 Å². The standard InChI is InChI=1S/C13H15BrN2/c1-15-7-2-12(3-8-15)13-4-9-16(10-5-13)11-6-14/h2-5,7-10H,6,11H2,1H3. The third-order valence-corrected chi connectivity index (χ3v) is 2.90. The van der Waals surface area contributed by atoms with Crippen LogP contribution in [0.3, 0.4) is 0 Å². The summed E-state index contributed by atoms with van der Waals surface area (Å²) >= 11 is 3.43. The van der Waals surface area contributed by atoms with Crippen molar-refractivity contribution in [3.8, 4) is 0 Å². The maximum atomic E-state index is 3.43. The average Bonchev–Trinajstić information content (AvgIpc) is 2.32. The summed E-state index contributed by atoms with van der Waals surface area (Å²) in [5.41, 5.74) is 2.51. The quantitative estimate of drug-likeness (QED) is 0.717. The second-order valence-corrected chi connectivity index (χ2v) is 4.56. The van der Waals surface area contributed by atoms with Crippen molar-refractivity contribution in [3.05, 3.63) is 60.3 Å². The molecule has 0 aromatic heterocycles. The molecule has 0 aromatic carbocycles. The van der Waals surface area contributed by atoms with E-state index in [1.54, 1.807) is 0 Å². The van der Waals surface area contributed by atoms with Gasteiger partial charge in [0, 0.05) is 43.7 Å². The van der Waals surface area contributed by atoms with Crippen molar-refractivity contribution in [1.29, 1.82) is 0 Å². The van der Waals surface area contributed by atoms with Crippen molar-refractivity contribution < 1.29 is 0 Å². The van der Waals surface area contributed by atoms with Crippen LogP contribution in [-0.4, -0.2) is 28.7 Å². The average molecular weight is 279 g/mol. The third kappa shape index (κ3) is 2.67.